The minimum absolute atomic E-state index is 0.258. The summed E-state index contributed by atoms with van der Waals surface area (Å²) in [6.07, 6.45) is 1.99. The van der Waals surface area contributed by atoms with E-state index in [1.165, 1.54) is 0 Å². The molecule has 1 heterocycles. The van der Waals surface area contributed by atoms with Gasteiger partial charge in [0.2, 0.25) is 0 Å². The minimum Gasteiger partial charge on any atom is -0.383 e. The number of nitrogens with zero attached hydrogens (tertiary/aromatic N) is 3. The fraction of sp³-hybridized carbons (Fsp3) is 0.818. The topological polar surface area (TPSA) is 61.2 Å². The van der Waals surface area contributed by atoms with Gasteiger partial charge in [-0.15, -0.1) is 0 Å². The van der Waals surface area contributed by atoms with Crippen molar-refractivity contribution in [1.29, 1.82) is 0 Å². The summed E-state index contributed by atoms with van der Waals surface area (Å²) in [5.41, 5.74) is 0. The summed E-state index contributed by atoms with van der Waals surface area (Å²) < 4.78 is 12.2. The van der Waals surface area contributed by atoms with E-state index >= 15 is 0 Å². The number of aromatic nitrogens is 3. The molecule has 1 aromatic rings. The number of rotatable bonds is 9. The zero-order valence-corrected chi connectivity index (χ0v) is 10.8. The number of nitrogens with one attached hydrogen (secondary N) is 1. The van der Waals surface area contributed by atoms with Gasteiger partial charge in [0.25, 0.3) is 0 Å². The van der Waals surface area contributed by atoms with E-state index < -0.39 is 0 Å². The molecule has 0 atom stereocenters. The molecule has 0 fully saturated rings. The second-order valence-corrected chi connectivity index (χ2v) is 4.01. The Morgan fingerprint density at radius 3 is 2.94 bits per heavy atom. The molecule has 1 aromatic heterocycles. The Hall–Kier alpha value is -0.980. The molecule has 0 unspecified atom stereocenters. The van der Waals surface area contributed by atoms with E-state index in [2.05, 4.69) is 15.4 Å². The molecular weight excluding hydrogens is 220 g/mol. The second kappa shape index (κ2) is 8.16. The first-order valence-corrected chi connectivity index (χ1v) is 5.92. The first kappa shape index (κ1) is 14.1. The summed E-state index contributed by atoms with van der Waals surface area (Å²) in [5.74, 6) is 0.797. The highest BCUT2D eigenvalue weighted by atomic mass is 16.5. The Morgan fingerprint density at radius 1 is 1.41 bits per heavy atom. The van der Waals surface area contributed by atoms with Crippen LogP contribution < -0.4 is 5.32 Å². The van der Waals surface area contributed by atoms with Crippen LogP contribution in [0, 0.1) is 0 Å². The first-order valence-electron chi connectivity index (χ1n) is 5.92. The fourth-order valence-corrected chi connectivity index (χ4v) is 1.28. The summed E-state index contributed by atoms with van der Waals surface area (Å²) in [4.78, 5) is 4.20. The Morgan fingerprint density at radius 2 is 2.24 bits per heavy atom. The molecule has 0 saturated carbocycles. The van der Waals surface area contributed by atoms with Gasteiger partial charge in [-0.3, -0.25) is 4.68 Å². The zero-order chi connectivity index (χ0) is 12.5. The SMILES string of the molecule is COCCNCc1ncn(CCOC(C)C)n1. The number of ether oxygens (including phenoxy) is 2. The van der Waals surface area contributed by atoms with E-state index in [1.807, 2.05) is 13.8 Å². The van der Waals surface area contributed by atoms with Crippen LogP contribution in [0.15, 0.2) is 6.33 Å². The normalized spacial score (nSPS) is 11.3. The Balaban J connectivity index is 2.18. The third kappa shape index (κ3) is 6.35. The molecule has 0 aliphatic carbocycles. The van der Waals surface area contributed by atoms with Gasteiger partial charge < -0.3 is 14.8 Å². The standard InChI is InChI=1S/C11H22N4O2/c1-10(2)17-7-5-15-9-13-11(14-15)8-12-4-6-16-3/h9-10,12H,4-8H2,1-3H3. The molecule has 0 aliphatic heterocycles. The minimum atomic E-state index is 0.258. The van der Waals surface area contributed by atoms with Gasteiger partial charge in [0.1, 0.15) is 6.33 Å². The van der Waals surface area contributed by atoms with Crippen LogP contribution in [0.5, 0.6) is 0 Å². The molecule has 0 bridgehead atoms. The molecule has 6 heteroatoms. The number of hydrogen-bond donors (Lipinski definition) is 1. The van der Waals surface area contributed by atoms with Gasteiger partial charge in [0.05, 0.1) is 32.4 Å². The maximum absolute atomic E-state index is 5.45. The summed E-state index contributed by atoms with van der Waals surface area (Å²) in [5, 5.41) is 7.52. The lowest BCUT2D eigenvalue weighted by Gasteiger charge is -2.06. The average Bonchev–Trinajstić information content (AvgIpc) is 2.72. The molecule has 0 radical (unpaired) electrons. The van der Waals surface area contributed by atoms with Crippen LogP contribution in [-0.4, -0.2) is 47.7 Å². The Labute approximate surface area is 102 Å². The van der Waals surface area contributed by atoms with Crippen molar-refractivity contribution in [2.24, 2.45) is 0 Å². The number of hydrogen-bond acceptors (Lipinski definition) is 5. The van der Waals surface area contributed by atoms with Crippen LogP contribution in [0.4, 0.5) is 0 Å². The third-order valence-corrected chi connectivity index (χ3v) is 2.12. The summed E-state index contributed by atoms with van der Waals surface area (Å²) in [6.45, 7) is 7.62. The predicted octanol–water partition coefficient (Wildman–Crippen LogP) is 0.439. The van der Waals surface area contributed by atoms with Crippen molar-refractivity contribution in [3.8, 4) is 0 Å². The van der Waals surface area contributed by atoms with Gasteiger partial charge >= 0.3 is 0 Å². The van der Waals surface area contributed by atoms with Gasteiger partial charge in [-0.2, -0.15) is 5.10 Å². The third-order valence-electron chi connectivity index (χ3n) is 2.12. The molecule has 0 saturated heterocycles. The summed E-state index contributed by atoms with van der Waals surface area (Å²) >= 11 is 0. The van der Waals surface area contributed by atoms with Gasteiger partial charge in [-0.25, -0.2) is 4.98 Å². The van der Waals surface area contributed by atoms with Crippen molar-refractivity contribution >= 4 is 0 Å². The Kier molecular flexibility index (Phi) is 6.76. The maximum Gasteiger partial charge on any atom is 0.164 e. The van der Waals surface area contributed by atoms with Crippen LogP contribution in [0.25, 0.3) is 0 Å². The molecule has 0 amide bonds. The molecule has 17 heavy (non-hydrogen) atoms. The highest BCUT2D eigenvalue weighted by Crippen LogP contribution is 1.92. The van der Waals surface area contributed by atoms with Crippen molar-refractivity contribution in [2.75, 3.05) is 26.9 Å². The van der Waals surface area contributed by atoms with E-state index in [9.17, 15) is 0 Å². The van der Waals surface area contributed by atoms with Crippen molar-refractivity contribution < 1.29 is 9.47 Å². The van der Waals surface area contributed by atoms with Crippen LogP contribution in [-0.2, 0) is 22.6 Å². The van der Waals surface area contributed by atoms with E-state index in [0.717, 1.165) is 18.9 Å². The van der Waals surface area contributed by atoms with Crippen LogP contribution in [0.3, 0.4) is 0 Å². The Bertz CT molecular complexity index is 301. The van der Waals surface area contributed by atoms with Gasteiger partial charge in [0.15, 0.2) is 5.82 Å². The highest BCUT2D eigenvalue weighted by molar-refractivity contribution is 4.80. The molecule has 6 nitrogen and oxygen atoms in total. The molecule has 0 aliphatic rings. The van der Waals surface area contributed by atoms with E-state index in [1.54, 1.807) is 18.1 Å². The summed E-state index contributed by atoms with van der Waals surface area (Å²) in [6, 6.07) is 0. The van der Waals surface area contributed by atoms with Gasteiger partial charge in [-0.05, 0) is 13.8 Å². The lowest BCUT2D eigenvalue weighted by atomic mass is 10.5. The summed E-state index contributed by atoms with van der Waals surface area (Å²) in [7, 11) is 1.68. The highest BCUT2D eigenvalue weighted by Gasteiger charge is 2.00. The molecule has 0 spiro atoms. The molecular formula is C11H22N4O2. The largest absolute Gasteiger partial charge is 0.383 e. The lowest BCUT2D eigenvalue weighted by Crippen LogP contribution is -2.19. The maximum atomic E-state index is 5.45. The first-order chi connectivity index (χ1) is 8.22. The van der Waals surface area contributed by atoms with E-state index in [-0.39, 0.29) is 6.10 Å². The van der Waals surface area contributed by atoms with Crippen molar-refractivity contribution in [1.82, 2.24) is 20.1 Å². The van der Waals surface area contributed by atoms with Gasteiger partial charge in [-0.1, -0.05) is 0 Å². The fourth-order valence-electron chi connectivity index (χ4n) is 1.28. The molecule has 0 aromatic carbocycles. The van der Waals surface area contributed by atoms with Crippen molar-refractivity contribution in [2.45, 2.75) is 33.0 Å². The predicted molar refractivity (Wildman–Crippen MR) is 64.7 cm³/mol. The molecule has 98 valence electrons. The zero-order valence-electron chi connectivity index (χ0n) is 10.8. The van der Waals surface area contributed by atoms with Crippen LogP contribution in [0.1, 0.15) is 19.7 Å². The molecule has 1 N–H and O–H groups in total. The van der Waals surface area contributed by atoms with Crippen LogP contribution >= 0.6 is 0 Å². The van der Waals surface area contributed by atoms with Gasteiger partial charge in [0, 0.05) is 13.7 Å². The van der Waals surface area contributed by atoms with Crippen molar-refractivity contribution in [3.05, 3.63) is 12.2 Å². The van der Waals surface area contributed by atoms with Crippen LogP contribution in [0.2, 0.25) is 0 Å². The van der Waals surface area contributed by atoms with E-state index in [4.69, 9.17) is 9.47 Å². The average molecular weight is 242 g/mol. The van der Waals surface area contributed by atoms with Crippen molar-refractivity contribution in [3.63, 3.8) is 0 Å². The quantitative estimate of drug-likeness (QED) is 0.637. The van der Waals surface area contributed by atoms with E-state index in [0.29, 0.717) is 19.8 Å². The number of methoxy groups -OCH3 is 1. The monoisotopic (exact) mass is 242 g/mol. The molecule has 1 rings (SSSR count). The lowest BCUT2D eigenvalue weighted by molar-refractivity contribution is 0.0708. The second-order valence-electron chi connectivity index (χ2n) is 4.01. The smallest absolute Gasteiger partial charge is 0.164 e.